The third-order valence-electron chi connectivity index (χ3n) is 3.08. The van der Waals surface area contributed by atoms with E-state index < -0.39 is 0 Å². The monoisotopic (exact) mass is 287 g/mol. The number of carbonyl (C=O) groups excluding carboxylic acids is 1. The summed E-state index contributed by atoms with van der Waals surface area (Å²) in [5, 5.41) is 2.80. The summed E-state index contributed by atoms with van der Waals surface area (Å²) in [5.41, 5.74) is 2.57. The maximum absolute atomic E-state index is 13.2. The standard InChI is InChI=1S/C17H18FNO2/c1-3-21-11-13-5-4-6-15(10-13)19-17(20)14-7-8-16(18)12(2)9-14/h4-10H,3,11H2,1-2H3,(H,19,20). The van der Waals surface area contributed by atoms with Gasteiger partial charge in [-0.05, 0) is 55.3 Å². The first-order valence-corrected chi connectivity index (χ1v) is 6.84. The summed E-state index contributed by atoms with van der Waals surface area (Å²) < 4.78 is 18.6. The zero-order valence-corrected chi connectivity index (χ0v) is 12.2. The van der Waals surface area contributed by atoms with Crippen LogP contribution in [0.1, 0.15) is 28.4 Å². The van der Waals surface area contributed by atoms with Crippen LogP contribution in [-0.4, -0.2) is 12.5 Å². The van der Waals surface area contributed by atoms with E-state index in [9.17, 15) is 9.18 Å². The summed E-state index contributed by atoms with van der Waals surface area (Å²) in [6.07, 6.45) is 0. The molecular weight excluding hydrogens is 269 g/mol. The summed E-state index contributed by atoms with van der Waals surface area (Å²) in [7, 11) is 0. The maximum atomic E-state index is 13.2. The van der Waals surface area contributed by atoms with E-state index in [0.717, 1.165) is 5.56 Å². The molecule has 0 radical (unpaired) electrons. The summed E-state index contributed by atoms with van der Waals surface area (Å²) >= 11 is 0. The van der Waals surface area contributed by atoms with E-state index >= 15 is 0 Å². The van der Waals surface area contributed by atoms with Crippen LogP contribution in [0.15, 0.2) is 42.5 Å². The van der Waals surface area contributed by atoms with Crippen molar-refractivity contribution in [3.63, 3.8) is 0 Å². The van der Waals surface area contributed by atoms with Crippen molar-refractivity contribution in [2.24, 2.45) is 0 Å². The van der Waals surface area contributed by atoms with E-state index in [4.69, 9.17) is 4.74 Å². The van der Waals surface area contributed by atoms with Gasteiger partial charge in [-0.25, -0.2) is 4.39 Å². The third kappa shape index (κ3) is 4.13. The molecule has 2 aromatic carbocycles. The molecule has 2 aromatic rings. The van der Waals surface area contributed by atoms with E-state index in [-0.39, 0.29) is 11.7 Å². The summed E-state index contributed by atoms with van der Waals surface area (Å²) in [6.45, 7) is 4.72. The largest absolute Gasteiger partial charge is 0.377 e. The molecule has 0 saturated carbocycles. The number of rotatable bonds is 5. The summed E-state index contributed by atoms with van der Waals surface area (Å²) in [4.78, 5) is 12.1. The van der Waals surface area contributed by atoms with Crippen molar-refractivity contribution in [2.45, 2.75) is 20.5 Å². The van der Waals surface area contributed by atoms with Gasteiger partial charge in [0.05, 0.1) is 6.61 Å². The van der Waals surface area contributed by atoms with Gasteiger partial charge in [0.2, 0.25) is 0 Å². The highest BCUT2D eigenvalue weighted by Gasteiger charge is 2.08. The second-order valence-corrected chi connectivity index (χ2v) is 4.76. The molecule has 0 atom stereocenters. The quantitative estimate of drug-likeness (QED) is 0.905. The van der Waals surface area contributed by atoms with E-state index in [2.05, 4.69) is 5.32 Å². The van der Waals surface area contributed by atoms with Crippen molar-refractivity contribution in [3.05, 3.63) is 65.0 Å². The Morgan fingerprint density at radius 1 is 1.24 bits per heavy atom. The molecule has 0 aliphatic carbocycles. The molecule has 0 fully saturated rings. The summed E-state index contributed by atoms with van der Waals surface area (Å²) in [5.74, 6) is -0.572. The summed E-state index contributed by atoms with van der Waals surface area (Å²) in [6, 6.07) is 11.8. The first-order chi connectivity index (χ1) is 10.1. The Hall–Kier alpha value is -2.20. The van der Waals surface area contributed by atoms with Gasteiger partial charge in [0.1, 0.15) is 5.82 Å². The minimum absolute atomic E-state index is 0.258. The van der Waals surface area contributed by atoms with Gasteiger partial charge in [-0.2, -0.15) is 0 Å². The molecule has 2 rings (SSSR count). The molecule has 110 valence electrons. The molecule has 1 N–H and O–H groups in total. The molecule has 0 spiro atoms. The molecule has 3 nitrogen and oxygen atoms in total. The highest BCUT2D eigenvalue weighted by atomic mass is 19.1. The minimum Gasteiger partial charge on any atom is -0.377 e. The van der Waals surface area contributed by atoms with Crippen molar-refractivity contribution in [2.75, 3.05) is 11.9 Å². The average Bonchev–Trinajstić information content (AvgIpc) is 2.48. The van der Waals surface area contributed by atoms with E-state index in [1.54, 1.807) is 6.92 Å². The number of hydrogen-bond acceptors (Lipinski definition) is 2. The van der Waals surface area contributed by atoms with Crippen molar-refractivity contribution in [3.8, 4) is 0 Å². The fraction of sp³-hybridized carbons (Fsp3) is 0.235. The Balaban J connectivity index is 2.10. The highest BCUT2D eigenvalue weighted by Crippen LogP contribution is 2.15. The Morgan fingerprint density at radius 2 is 2.05 bits per heavy atom. The van der Waals surface area contributed by atoms with Gasteiger partial charge in [-0.1, -0.05) is 12.1 Å². The molecule has 0 heterocycles. The smallest absolute Gasteiger partial charge is 0.255 e. The number of halogens is 1. The van der Waals surface area contributed by atoms with Gasteiger partial charge in [0.25, 0.3) is 5.91 Å². The van der Waals surface area contributed by atoms with Crippen molar-refractivity contribution < 1.29 is 13.9 Å². The van der Waals surface area contributed by atoms with Crippen molar-refractivity contribution in [1.29, 1.82) is 0 Å². The van der Waals surface area contributed by atoms with Crippen molar-refractivity contribution in [1.82, 2.24) is 0 Å². The second kappa shape index (κ2) is 6.99. The number of benzene rings is 2. The number of carbonyl (C=O) groups is 1. The molecule has 21 heavy (non-hydrogen) atoms. The SMILES string of the molecule is CCOCc1cccc(NC(=O)c2ccc(F)c(C)c2)c1. The fourth-order valence-corrected chi connectivity index (χ4v) is 1.95. The lowest BCUT2D eigenvalue weighted by Crippen LogP contribution is -2.12. The van der Waals surface area contributed by atoms with Gasteiger partial charge in [-0.15, -0.1) is 0 Å². The van der Waals surface area contributed by atoms with E-state index in [0.29, 0.717) is 30.0 Å². The molecule has 0 aromatic heterocycles. The molecule has 0 aliphatic heterocycles. The van der Waals surface area contributed by atoms with Crippen LogP contribution in [0.2, 0.25) is 0 Å². The number of ether oxygens (including phenoxy) is 1. The van der Waals surface area contributed by atoms with Crippen LogP contribution in [0.3, 0.4) is 0 Å². The van der Waals surface area contributed by atoms with Crippen molar-refractivity contribution >= 4 is 11.6 Å². The molecule has 0 unspecified atom stereocenters. The Morgan fingerprint density at radius 3 is 2.76 bits per heavy atom. The lowest BCUT2D eigenvalue weighted by Gasteiger charge is -2.08. The first kappa shape index (κ1) is 15.2. The van der Waals surface area contributed by atoms with E-state index in [1.165, 1.54) is 18.2 Å². The molecule has 1 amide bonds. The molecule has 0 bridgehead atoms. The Bertz CT molecular complexity index is 640. The normalized spacial score (nSPS) is 10.4. The second-order valence-electron chi connectivity index (χ2n) is 4.76. The van der Waals surface area contributed by atoms with Crippen LogP contribution in [0.25, 0.3) is 0 Å². The van der Waals surface area contributed by atoms with Gasteiger partial charge >= 0.3 is 0 Å². The van der Waals surface area contributed by atoms with Gasteiger partial charge in [0, 0.05) is 17.9 Å². The maximum Gasteiger partial charge on any atom is 0.255 e. The van der Waals surface area contributed by atoms with Gasteiger partial charge in [-0.3, -0.25) is 4.79 Å². The number of aryl methyl sites for hydroxylation is 1. The zero-order valence-electron chi connectivity index (χ0n) is 12.2. The number of anilines is 1. The van der Waals surface area contributed by atoms with Crippen LogP contribution in [0.4, 0.5) is 10.1 Å². The minimum atomic E-state index is -0.315. The zero-order chi connectivity index (χ0) is 15.2. The predicted molar refractivity (Wildman–Crippen MR) is 80.9 cm³/mol. The molecule has 4 heteroatoms. The van der Waals surface area contributed by atoms with Gasteiger partial charge in [0.15, 0.2) is 0 Å². The predicted octanol–water partition coefficient (Wildman–Crippen LogP) is 3.92. The van der Waals surface area contributed by atoms with Crippen LogP contribution in [0, 0.1) is 12.7 Å². The third-order valence-corrected chi connectivity index (χ3v) is 3.08. The van der Waals surface area contributed by atoms with Crippen LogP contribution in [0.5, 0.6) is 0 Å². The lowest BCUT2D eigenvalue weighted by atomic mass is 10.1. The van der Waals surface area contributed by atoms with Crippen LogP contribution >= 0.6 is 0 Å². The Labute approximate surface area is 123 Å². The molecule has 0 saturated heterocycles. The highest BCUT2D eigenvalue weighted by molar-refractivity contribution is 6.04. The molecule has 0 aliphatic rings. The van der Waals surface area contributed by atoms with Gasteiger partial charge < -0.3 is 10.1 Å². The van der Waals surface area contributed by atoms with Crippen LogP contribution < -0.4 is 5.32 Å². The number of amides is 1. The lowest BCUT2D eigenvalue weighted by molar-refractivity contribution is 0.102. The first-order valence-electron chi connectivity index (χ1n) is 6.84. The van der Waals surface area contributed by atoms with Crippen LogP contribution in [-0.2, 0) is 11.3 Å². The fourth-order valence-electron chi connectivity index (χ4n) is 1.95. The molecular formula is C17H18FNO2. The average molecular weight is 287 g/mol. The Kier molecular flexibility index (Phi) is 5.06. The van der Waals surface area contributed by atoms with E-state index in [1.807, 2.05) is 31.2 Å². The topological polar surface area (TPSA) is 38.3 Å². The number of hydrogen-bond donors (Lipinski definition) is 1. The number of nitrogens with one attached hydrogen (secondary N) is 1.